The number of nitrogens with one attached hydrogen (secondary N) is 1. The molecule has 6 nitrogen and oxygen atoms in total. The molecule has 1 aliphatic heterocycles. The molecule has 1 saturated heterocycles. The number of nitrogens with zero attached hydrogens (tertiary/aromatic N) is 1. The molecule has 6 heteroatoms. The molecule has 1 amide bonds. The van der Waals surface area contributed by atoms with Crippen LogP contribution >= 0.6 is 0 Å². The molecule has 1 unspecified atom stereocenters. The summed E-state index contributed by atoms with van der Waals surface area (Å²) in [6.45, 7) is 2.37. The standard InChI is InChI=1S/C11H19N3O3/c1-8(15)17-11(16)14-5-2-3-9(4-6-14)7-10(12)13/h9H,2-7H2,1H3,(H3,12,13). The fourth-order valence-electron chi connectivity index (χ4n) is 2.05. The van der Waals surface area contributed by atoms with Crippen molar-refractivity contribution in [3.63, 3.8) is 0 Å². The van der Waals surface area contributed by atoms with E-state index >= 15 is 0 Å². The van der Waals surface area contributed by atoms with Crippen molar-refractivity contribution in [1.82, 2.24) is 4.90 Å². The van der Waals surface area contributed by atoms with Crippen LogP contribution in [0.2, 0.25) is 0 Å². The Labute approximate surface area is 101 Å². The van der Waals surface area contributed by atoms with Crippen LogP contribution < -0.4 is 5.73 Å². The molecule has 0 aromatic carbocycles. The fraction of sp³-hybridized carbons (Fsp3) is 0.727. The van der Waals surface area contributed by atoms with Crippen LogP contribution in [-0.2, 0) is 9.53 Å². The van der Waals surface area contributed by atoms with Gasteiger partial charge in [0.25, 0.3) is 0 Å². The van der Waals surface area contributed by atoms with E-state index in [0.29, 0.717) is 25.4 Å². The molecule has 1 heterocycles. The highest BCUT2D eigenvalue weighted by Crippen LogP contribution is 2.20. The van der Waals surface area contributed by atoms with Crippen molar-refractivity contribution in [3.05, 3.63) is 0 Å². The number of carbonyl (C=O) groups is 2. The van der Waals surface area contributed by atoms with Crippen LogP contribution in [0.25, 0.3) is 0 Å². The van der Waals surface area contributed by atoms with Gasteiger partial charge in [0.05, 0.1) is 5.84 Å². The number of esters is 1. The molecule has 0 saturated carbocycles. The second kappa shape index (κ2) is 6.22. The van der Waals surface area contributed by atoms with Gasteiger partial charge in [-0.15, -0.1) is 0 Å². The number of ether oxygens (including phenoxy) is 1. The van der Waals surface area contributed by atoms with Crippen molar-refractivity contribution >= 4 is 17.9 Å². The highest BCUT2D eigenvalue weighted by molar-refractivity contribution is 5.83. The zero-order chi connectivity index (χ0) is 12.8. The average Bonchev–Trinajstić information content (AvgIpc) is 2.41. The van der Waals surface area contributed by atoms with Gasteiger partial charge < -0.3 is 15.4 Å². The van der Waals surface area contributed by atoms with Gasteiger partial charge in [0.2, 0.25) is 0 Å². The summed E-state index contributed by atoms with van der Waals surface area (Å²) in [6.07, 6.45) is 2.61. The van der Waals surface area contributed by atoms with Crippen LogP contribution in [0.1, 0.15) is 32.6 Å². The molecule has 1 aliphatic rings. The monoisotopic (exact) mass is 241 g/mol. The summed E-state index contributed by atoms with van der Waals surface area (Å²) < 4.78 is 4.54. The minimum absolute atomic E-state index is 0.190. The van der Waals surface area contributed by atoms with E-state index in [1.54, 1.807) is 4.90 Å². The highest BCUT2D eigenvalue weighted by Gasteiger charge is 2.22. The predicted octanol–water partition coefficient (Wildman–Crippen LogP) is 1.10. The summed E-state index contributed by atoms with van der Waals surface area (Å²) in [7, 11) is 0. The molecular weight excluding hydrogens is 222 g/mol. The third-order valence-corrected chi connectivity index (χ3v) is 2.85. The van der Waals surface area contributed by atoms with Crippen molar-refractivity contribution in [2.45, 2.75) is 32.6 Å². The van der Waals surface area contributed by atoms with Gasteiger partial charge in [0, 0.05) is 26.4 Å². The number of hydrogen-bond acceptors (Lipinski definition) is 4. The summed E-state index contributed by atoms with van der Waals surface area (Å²) in [5.41, 5.74) is 5.37. The third kappa shape index (κ3) is 4.84. The highest BCUT2D eigenvalue weighted by atomic mass is 16.6. The van der Waals surface area contributed by atoms with Gasteiger partial charge in [-0.1, -0.05) is 0 Å². The minimum atomic E-state index is -0.584. The molecule has 17 heavy (non-hydrogen) atoms. The van der Waals surface area contributed by atoms with Crippen LogP contribution in [0.15, 0.2) is 0 Å². The van der Waals surface area contributed by atoms with E-state index in [0.717, 1.165) is 19.3 Å². The Morgan fingerprint density at radius 2 is 2.12 bits per heavy atom. The minimum Gasteiger partial charge on any atom is -0.388 e. The van der Waals surface area contributed by atoms with Gasteiger partial charge in [0.15, 0.2) is 0 Å². The molecule has 0 aliphatic carbocycles. The maximum atomic E-state index is 11.5. The Kier molecular flexibility index (Phi) is 4.93. The molecule has 1 fully saturated rings. The quantitative estimate of drug-likeness (QED) is 0.327. The van der Waals surface area contributed by atoms with Gasteiger partial charge in [-0.2, -0.15) is 0 Å². The van der Waals surface area contributed by atoms with Gasteiger partial charge in [-0.25, -0.2) is 4.79 Å². The van der Waals surface area contributed by atoms with Crippen LogP contribution in [0.3, 0.4) is 0 Å². The molecule has 1 rings (SSSR count). The molecule has 3 N–H and O–H groups in total. The van der Waals surface area contributed by atoms with Crippen molar-refractivity contribution in [2.75, 3.05) is 13.1 Å². The number of nitrogens with two attached hydrogens (primary N) is 1. The number of carbonyl (C=O) groups excluding carboxylic acids is 2. The first-order chi connectivity index (χ1) is 7.99. The Hall–Kier alpha value is -1.59. The zero-order valence-electron chi connectivity index (χ0n) is 10.1. The number of rotatable bonds is 2. The van der Waals surface area contributed by atoms with Crippen molar-refractivity contribution in [3.8, 4) is 0 Å². The SMILES string of the molecule is CC(=O)OC(=O)N1CCCC(CC(=N)N)CC1. The lowest BCUT2D eigenvalue weighted by Crippen LogP contribution is -2.33. The second-order valence-electron chi connectivity index (χ2n) is 4.37. The van der Waals surface area contributed by atoms with Gasteiger partial charge >= 0.3 is 12.1 Å². The van der Waals surface area contributed by atoms with Crippen molar-refractivity contribution in [2.24, 2.45) is 11.7 Å². The molecule has 0 spiro atoms. The van der Waals surface area contributed by atoms with Crippen molar-refractivity contribution in [1.29, 1.82) is 5.41 Å². The lowest BCUT2D eigenvalue weighted by Gasteiger charge is -2.18. The van der Waals surface area contributed by atoms with Gasteiger partial charge in [0.1, 0.15) is 0 Å². The van der Waals surface area contributed by atoms with Crippen molar-refractivity contribution < 1.29 is 14.3 Å². The first-order valence-corrected chi connectivity index (χ1v) is 5.79. The number of amidine groups is 1. The Balaban J connectivity index is 2.44. The zero-order valence-corrected chi connectivity index (χ0v) is 10.1. The van der Waals surface area contributed by atoms with E-state index in [-0.39, 0.29) is 5.84 Å². The molecule has 96 valence electrons. The summed E-state index contributed by atoms with van der Waals surface area (Å²) in [5.74, 6) is -0.0445. The molecular formula is C11H19N3O3. The summed E-state index contributed by atoms with van der Waals surface area (Å²) >= 11 is 0. The van der Waals surface area contributed by atoms with E-state index in [2.05, 4.69) is 4.74 Å². The lowest BCUT2D eigenvalue weighted by molar-refractivity contribution is -0.135. The summed E-state index contributed by atoms with van der Waals surface area (Å²) in [6, 6.07) is 0. The summed E-state index contributed by atoms with van der Waals surface area (Å²) in [4.78, 5) is 23.7. The van der Waals surface area contributed by atoms with E-state index in [1.807, 2.05) is 0 Å². The average molecular weight is 241 g/mol. The molecule has 0 bridgehead atoms. The first-order valence-electron chi connectivity index (χ1n) is 5.79. The maximum absolute atomic E-state index is 11.5. The predicted molar refractivity (Wildman–Crippen MR) is 62.6 cm³/mol. The van der Waals surface area contributed by atoms with E-state index in [4.69, 9.17) is 11.1 Å². The van der Waals surface area contributed by atoms with E-state index < -0.39 is 12.1 Å². The van der Waals surface area contributed by atoms with Gasteiger partial charge in [-0.05, 0) is 25.2 Å². The van der Waals surface area contributed by atoms with E-state index in [9.17, 15) is 9.59 Å². The van der Waals surface area contributed by atoms with Gasteiger partial charge in [-0.3, -0.25) is 10.2 Å². The van der Waals surface area contributed by atoms with Crippen LogP contribution in [-0.4, -0.2) is 35.9 Å². The topological polar surface area (TPSA) is 96.5 Å². The Morgan fingerprint density at radius 1 is 1.41 bits per heavy atom. The van der Waals surface area contributed by atoms with Crippen LogP contribution in [0.5, 0.6) is 0 Å². The summed E-state index contributed by atoms with van der Waals surface area (Å²) in [5, 5.41) is 7.26. The molecule has 0 aromatic heterocycles. The third-order valence-electron chi connectivity index (χ3n) is 2.85. The van der Waals surface area contributed by atoms with Crippen LogP contribution in [0.4, 0.5) is 4.79 Å². The molecule has 0 radical (unpaired) electrons. The maximum Gasteiger partial charge on any atom is 0.417 e. The lowest BCUT2D eigenvalue weighted by atomic mass is 9.97. The fourth-order valence-corrected chi connectivity index (χ4v) is 2.05. The Bertz CT molecular complexity index is 317. The molecule has 1 atom stereocenters. The molecule has 0 aromatic rings. The normalized spacial score (nSPS) is 20.5. The van der Waals surface area contributed by atoms with E-state index in [1.165, 1.54) is 6.92 Å². The first kappa shape index (κ1) is 13.5. The smallest absolute Gasteiger partial charge is 0.388 e. The second-order valence-corrected chi connectivity index (χ2v) is 4.37. The Morgan fingerprint density at radius 3 is 2.71 bits per heavy atom. The largest absolute Gasteiger partial charge is 0.417 e. The number of hydrogen-bond donors (Lipinski definition) is 2. The number of likely N-dealkylation sites (tertiary alicyclic amines) is 1. The van der Waals surface area contributed by atoms with Crippen LogP contribution in [0, 0.1) is 11.3 Å². The number of amides is 1.